The molecule has 0 aliphatic carbocycles. The lowest BCUT2D eigenvalue weighted by Crippen LogP contribution is -2.24. The fourth-order valence-electron chi connectivity index (χ4n) is 3.22. The Balaban J connectivity index is 1.88. The maximum Gasteiger partial charge on any atom is 0.0458 e. The van der Waals surface area contributed by atoms with Crippen LogP contribution in [-0.4, -0.2) is 12.5 Å². The molecule has 3 heteroatoms. The number of aryl methyl sites for hydroxylation is 2. The van der Waals surface area contributed by atoms with Crippen molar-refractivity contribution in [3.63, 3.8) is 0 Å². The lowest BCUT2D eigenvalue weighted by atomic mass is 10.0. The highest BCUT2D eigenvalue weighted by atomic mass is 16.4. The third-order valence-corrected chi connectivity index (χ3v) is 4.48. The van der Waals surface area contributed by atoms with Crippen molar-refractivity contribution in [3.05, 3.63) is 64.2 Å². The molecule has 1 aliphatic rings. The first-order valence-electron chi connectivity index (χ1n) is 7.66. The Kier molecular flexibility index (Phi) is 3.88. The number of anilines is 1. The van der Waals surface area contributed by atoms with E-state index < -0.39 is 5.97 Å². The van der Waals surface area contributed by atoms with Gasteiger partial charge >= 0.3 is 0 Å². The van der Waals surface area contributed by atoms with E-state index >= 15 is 0 Å². The van der Waals surface area contributed by atoms with Gasteiger partial charge < -0.3 is 14.8 Å². The van der Waals surface area contributed by atoms with Crippen LogP contribution in [0.25, 0.3) is 0 Å². The molecular formula is C19H20NO2-. The van der Waals surface area contributed by atoms with Crippen molar-refractivity contribution in [3.8, 4) is 0 Å². The van der Waals surface area contributed by atoms with E-state index in [1.54, 1.807) is 0 Å². The van der Waals surface area contributed by atoms with Gasteiger partial charge in [-0.25, -0.2) is 0 Å². The lowest BCUT2D eigenvalue weighted by molar-refractivity contribution is -0.304. The number of hydrogen-bond donors (Lipinski definition) is 0. The Hall–Kier alpha value is -2.29. The van der Waals surface area contributed by atoms with E-state index in [9.17, 15) is 9.90 Å². The van der Waals surface area contributed by atoms with Crippen LogP contribution in [0.15, 0.2) is 36.4 Å². The smallest absolute Gasteiger partial charge is 0.0458 e. The highest BCUT2D eigenvalue weighted by molar-refractivity contribution is 5.70. The van der Waals surface area contributed by atoms with Gasteiger partial charge in [-0.2, -0.15) is 0 Å². The first-order chi connectivity index (χ1) is 10.5. The largest absolute Gasteiger partial charge is 0.550 e. The molecule has 0 saturated heterocycles. The predicted molar refractivity (Wildman–Crippen MR) is 85.8 cm³/mol. The van der Waals surface area contributed by atoms with Crippen LogP contribution in [0, 0.1) is 13.8 Å². The van der Waals surface area contributed by atoms with E-state index in [4.69, 9.17) is 0 Å². The van der Waals surface area contributed by atoms with E-state index in [1.807, 2.05) is 12.1 Å². The van der Waals surface area contributed by atoms with Crippen molar-refractivity contribution in [1.29, 1.82) is 0 Å². The summed E-state index contributed by atoms with van der Waals surface area (Å²) < 4.78 is 0. The summed E-state index contributed by atoms with van der Waals surface area (Å²) in [7, 11) is 0. The summed E-state index contributed by atoms with van der Waals surface area (Å²) in [5, 5.41) is 10.8. The van der Waals surface area contributed by atoms with Crippen LogP contribution < -0.4 is 10.0 Å². The summed E-state index contributed by atoms with van der Waals surface area (Å²) in [6.07, 6.45) is 0.996. The van der Waals surface area contributed by atoms with Gasteiger partial charge in [0.1, 0.15) is 0 Å². The zero-order valence-electron chi connectivity index (χ0n) is 13.1. The molecule has 3 rings (SSSR count). The molecule has 0 saturated carbocycles. The number of rotatable bonds is 4. The minimum absolute atomic E-state index is 0.0233. The third-order valence-electron chi connectivity index (χ3n) is 4.48. The number of carbonyl (C=O) groups is 1. The molecule has 0 amide bonds. The standard InChI is InChI=1S/C19H21NO2/c1-13-4-3-5-14(2)17(13)12-20-9-8-16-7-6-15(10-18(16)20)11-19(21)22/h3-7,10H,8-9,11-12H2,1-2H3,(H,21,22)/p-1. The topological polar surface area (TPSA) is 43.4 Å². The van der Waals surface area contributed by atoms with E-state index in [0.717, 1.165) is 25.1 Å². The Bertz CT molecular complexity index is 701. The predicted octanol–water partition coefficient (Wildman–Crippen LogP) is 2.16. The number of fused-ring (bicyclic) bond motifs is 1. The van der Waals surface area contributed by atoms with Gasteiger partial charge in [0.25, 0.3) is 0 Å². The van der Waals surface area contributed by atoms with E-state index in [0.29, 0.717) is 0 Å². The maximum absolute atomic E-state index is 10.8. The Labute approximate surface area is 131 Å². The van der Waals surface area contributed by atoms with Crippen LogP contribution >= 0.6 is 0 Å². The van der Waals surface area contributed by atoms with E-state index in [1.165, 1.54) is 27.9 Å². The van der Waals surface area contributed by atoms with Crippen molar-refractivity contribution in [2.24, 2.45) is 0 Å². The van der Waals surface area contributed by atoms with Gasteiger partial charge in [0, 0.05) is 31.2 Å². The van der Waals surface area contributed by atoms with Crippen molar-refractivity contribution in [1.82, 2.24) is 0 Å². The molecule has 0 spiro atoms. The fraction of sp³-hybridized carbons (Fsp3) is 0.316. The van der Waals surface area contributed by atoms with Crippen LogP contribution in [0.3, 0.4) is 0 Å². The molecule has 3 nitrogen and oxygen atoms in total. The number of aliphatic carboxylic acids is 1. The second kappa shape index (κ2) is 5.84. The molecule has 114 valence electrons. The summed E-state index contributed by atoms with van der Waals surface area (Å²) in [6.45, 7) is 6.15. The zero-order chi connectivity index (χ0) is 15.7. The van der Waals surface area contributed by atoms with Crippen molar-refractivity contribution >= 4 is 11.7 Å². The van der Waals surface area contributed by atoms with Crippen molar-refractivity contribution in [2.75, 3.05) is 11.4 Å². The van der Waals surface area contributed by atoms with Gasteiger partial charge in [-0.15, -0.1) is 0 Å². The van der Waals surface area contributed by atoms with Crippen LogP contribution in [0.1, 0.15) is 27.8 Å². The van der Waals surface area contributed by atoms with Crippen LogP contribution in [0.2, 0.25) is 0 Å². The molecule has 0 bridgehead atoms. The minimum Gasteiger partial charge on any atom is -0.550 e. The molecule has 1 aliphatic heterocycles. The molecule has 0 aromatic heterocycles. The van der Waals surface area contributed by atoms with Crippen molar-refractivity contribution < 1.29 is 9.90 Å². The summed E-state index contributed by atoms with van der Waals surface area (Å²) in [5.74, 6) is -1.03. The van der Waals surface area contributed by atoms with Crippen LogP contribution in [-0.2, 0) is 24.2 Å². The number of hydrogen-bond acceptors (Lipinski definition) is 3. The summed E-state index contributed by atoms with van der Waals surface area (Å²) in [5.41, 5.74) is 7.25. The number of benzene rings is 2. The molecule has 0 fully saturated rings. The lowest BCUT2D eigenvalue weighted by Gasteiger charge is -2.22. The molecular weight excluding hydrogens is 274 g/mol. The molecule has 0 unspecified atom stereocenters. The second-order valence-electron chi connectivity index (χ2n) is 6.05. The van der Waals surface area contributed by atoms with Gasteiger partial charge in [0.15, 0.2) is 0 Å². The second-order valence-corrected chi connectivity index (χ2v) is 6.05. The molecule has 0 radical (unpaired) electrons. The monoisotopic (exact) mass is 294 g/mol. The van der Waals surface area contributed by atoms with Crippen LogP contribution in [0.4, 0.5) is 5.69 Å². The quantitative estimate of drug-likeness (QED) is 0.868. The van der Waals surface area contributed by atoms with Crippen LogP contribution in [0.5, 0.6) is 0 Å². The number of carbonyl (C=O) groups excluding carboxylic acids is 1. The van der Waals surface area contributed by atoms with Gasteiger partial charge in [0.2, 0.25) is 0 Å². The SMILES string of the molecule is Cc1cccc(C)c1CN1CCc2ccc(CC(=O)[O-])cc21. The highest BCUT2D eigenvalue weighted by Gasteiger charge is 2.20. The summed E-state index contributed by atoms with van der Waals surface area (Å²) in [6, 6.07) is 12.3. The molecule has 1 heterocycles. The minimum atomic E-state index is -1.03. The first-order valence-corrected chi connectivity index (χ1v) is 7.66. The normalized spacial score (nSPS) is 13.3. The first kappa shape index (κ1) is 14.6. The molecule has 0 N–H and O–H groups in total. The van der Waals surface area contributed by atoms with Gasteiger partial charge in [-0.1, -0.05) is 30.3 Å². The highest BCUT2D eigenvalue weighted by Crippen LogP contribution is 2.31. The summed E-state index contributed by atoms with van der Waals surface area (Å²) in [4.78, 5) is 13.2. The molecule has 0 atom stereocenters. The summed E-state index contributed by atoms with van der Waals surface area (Å²) >= 11 is 0. The number of nitrogens with zero attached hydrogens (tertiary/aromatic N) is 1. The van der Waals surface area contributed by atoms with E-state index in [-0.39, 0.29) is 6.42 Å². The third kappa shape index (κ3) is 2.84. The van der Waals surface area contributed by atoms with Gasteiger partial charge in [0.05, 0.1) is 0 Å². The van der Waals surface area contributed by atoms with E-state index in [2.05, 4.69) is 43.0 Å². The van der Waals surface area contributed by atoms with Crippen molar-refractivity contribution in [2.45, 2.75) is 33.2 Å². The van der Waals surface area contributed by atoms with Gasteiger partial charge in [-0.05, 0) is 54.2 Å². The molecule has 2 aromatic rings. The average Bonchev–Trinajstić information content (AvgIpc) is 2.85. The Morgan fingerprint density at radius 1 is 1.18 bits per heavy atom. The molecule has 22 heavy (non-hydrogen) atoms. The molecule has 2 aromatic carbocycles. The Morgan fingerprint density at radius 2 is 1.91 bits per heavy atom. The Morgan fingerprint density at radius 3 is 2.59 bits per heavy atom. The number of carboxylic acids is 1. The maximum atomic E-state index is 10.8. The number of carboxylic acid groups (broad SMARTS) is 1. The fourth-order valence-corrected chi connectivity index (χ4v) is 3.22. The van der Waals surface area contributed by atoms with Gasteiger partial charge in [-0.3, -0.25) is 0 Å². The average molecular weight is 294 g/mol. The zero-order valence-corrected chi connectivity index (χ0v) is 13.1.